The Morgan fingerprint density at radius 3 is 2.68 bits per heavy atom. The van der Waals surface area contributed by atoms with E-state index in [1.54, 1.807) is 18.2 Å². The maximum Gasteiger partial charge on any atom is 0.329 e. The summed E-state index contributed by atoms with van der Waals surface area (Å²) in [4.78, 5) is 24.0. The van der Waals surface area contributed by atoms with Crippen molar-refractivity contribution in [2.24, 2.45) is 5.73 Å². The minimum absolute atomic E-state index is 0.198. The third kappa shape index (κ3) is 2.79. The largest absolute Gasteiger partial charge is 0.424 e. The highest BCUT2D eigenvalue weighted by Crippen LogP contribution is 2.28. The van der Waals surface area contributed by atoms with Gasteiger partial charge in [0.2, 0.25) is 0 Å². The molecule has 0 aliphatic carbocycles. The predicted octanol–water partition coefficient (Wildman–Crippen LogP) is 0.406. The van der Waals surface area contributed by atoms with Crippen molar-refractivity contribution in [3.63, 3.8) is 0 Å². The van der Waals surface area contributed by atoms with Crippen LogP contribution in [0.4, 0.5) is 0 Å². The first kappa shape index (κ1) is 14.5. The number of nitrogens with one attached hydrogen (secondary N) is 2. The number of hydrogen-bond acceptors (Lipinski definition) is 5. The van der Waals surface area contributed by atoms with Crippen molar-refractivity contribution in [3.05, 3.63) is 42.0 Å². The topological polar surface area (TPSA) is 93.5 Å². The molecule has 0 saturated carbocycles. The third-order valence-electron chi connectivity index (χ3n) is 3.67. The van der Waals surface area contributed by atoms with Crippen molar-refractivity contribution in [1.29, 1.82) is 0 Å². The summed E-state index contributed by atoms with van der Waals surface area (Å²) in [5.41, 5.74) is 5.71. The normalized spacial score (nSPS) is 18.1. The molecule has 4 N–H and O–H groups in total. The lowest BCUT2D eigenvalue weighted by molar-refractivity contribution is -0.136. The van der Waals surface area contributed by atoms with Gasteiger partial charge in [0.1, 0.15) is 11.8 Å². The van der Waals surface area contributed by atoms with Gasteiger partial charge in [-0.25, -0.2) is 4.79 Å². The van der Waals surface area contributed by atoms with Crippen LogP contribution in [0.5, 0.6) is 5.75 Å². The molecule has 2 aromatic carbocycles. The van der Waals surface area contributed by atoms with E-state index >= 15 is 0 Å². The summed E-state index contributed by atoms with van der Waals surface area (Å²) < 4.78 is 5.41. The highest BCUT2D eigenvalue weighted by Gasteiger charge is 2.24. The second-order valence-corrected chi connectivity index (χ2v) is 5.16. The molecule has 1 aliphatic heterocycles. The Balaban J connectivity index is 1.94. The van der Waals surface area contributed by atoms with Crippen LogP contribution in [0.15, 0.2) is 36.4 Å². The smallest absolute Gasteiger partial charge is 0.329 e. The van der Waals surface area contributed by atoms with E-state index in [0.29, 0.717) is 18.5 Å². The minimum atomic E-state index is -0.616. The number of ether oxygens (including phenoxy) is 1. The zero-order valence-corrected chi connectivity index (χ0v) is 12.0. The molecule has 0 spiro atoms. The van der Waals surface area contributed by atoms with Crippen molar-refractivity contribution >= 4 is 22.6 Å². The minimum Gasteiger partial charge on any atom is -0.424 e. The van der Waals surface area contributed by atoms with Crippen LogP contribution in [-0.2, 0) is 4.79 Å². The van der Waals surface area contributed by atoms with Gasteiger partial charge < -0.3 is 21.1 Å². The van der Waals surface area contributed by atoms with E-state index in [2.05, 4.69) is 10.6 Å². The van der Waals surface area contributed by atoms with Gasteiger partial charge >= 0.3 is 5.97 Å². The zero-order chi connectivity index (χ0) is 15.5. The Kier molecular flexibility index (Phi) is 4.04. The SMILES string of the molecule is NC(=O)c1c(OC(=O)C2CNCCN2)ccc2ccccc12. The van der Waals surface area contributed by atoms with E-state index in [1.165, 1.54) is 0 Å². The van der Waals surface area contributed by atoms with Crippen LogP contribution in [0.25, 0.3) is 10.8 Å². The fourth-order valence-electron chi connectivity index (χ4n) is 2.59. The number of amides is 1. The molecule has 6 heteroatoms. The third-order valence-corrected chi connectivity index (χ3v) is 3.67. The number of carbonyl (C=O) groups is 2. The summed E-state index contributed by atoms with van der Waals surface area (Å²) in [6.45, 7) is 2.00. The molecule has 0 radical (unpaired) electrons. The van der Waals surface area contributed by atoms with Crippen molar-refractivity contribution < 1.29 is 14.3 Å². The van der Waals surface area contributed by atoms with Crippen molar-refractivity contribution in [2.75, 3.05) is 19.6 Å². The van der Waals surface area contributed by atoms with E-state index in [9.17, 15) is 9.59 Å². The summed E-state index contributed by atoms with van der Waals surface area (Å²) in [6.07, 6.45) is 0. The summed E-state index contributed by atoms with van der Waals surface area (Å²) in [7, 11) is 0. The monoisotopic (exact) mass is 299 g/mol. The van der Waals surface area contributed by atoms with Gasteiger partial charge in [-0.2, -0.15) is 0 Å². The van der Waals surface area contributed by atoms with Gasteiger partial charge in [0.25, 0.3) is 5.91 Å². The van der Waals surface area contributed by atoms with Crippen LogP contribution in [-0.4, -0.2) is 37.6 Å². The molecule has 1 unspecified atom stereocenters. The summed E-state index contributed by atoms with van der Waals surface area (Å²) in [5.74, 6) is -0.845. The molecule has 0 aromatic heterocycles. The molecule has 1 heterocycles. The number of benzene rings is 2. The number of piperazine rings is 1. The molecule has 2 aromatic rings. The molecular formula is C16H17N3O3. The number of primary amides is 1. The first-order valence-electron chi connectivity index (χ1n) is 7.14. The van der Waals surface area contributed by atoms with Gasteiger partial charge in [0, 0.05) is 19.6 Å². The van der Waals surface area contributed by atoms with Crippen LogP contribution >= 0.6 is 0 Å². The Morgan fingerprint density at radius 1 is 1.14 bits per heavy atom. The molecule has 3 rings (SSSR count). The lowest BCUT2D eigenvalue weighted by Crippen LogP contribution is -2.53. The Bertz CT molecular complexity index is 724. The Labute approximate surface area is 127 Å². The lowest BCUT2D eigenvalue weighted by atomic mass is 10.0. The second kappa shape index (κ2) is 6.13. The van der Waals surface area contributed by atoms with Gasteiger partial charge in [0.05, 0.1) is 5.56 Å². The number of nitrogens with two attached hydrogens (primary N) is 1. The van der Waals surface area contributed by atoms with Gasteiger partial charge in [0.15, 0.2) is 0 Å². The predicted molar refractivity (Wildman–Crippen MR) is 82.8 cm³/mol. The molecule has 1 amide bonds. The van der Waals surface area contributed by atoms with Gasteiger partial charge in [-0.15, -0.1) is 0 Å². The highest BCUT2D eigenvalue weighted by molar-refractivity contribution is 6.09. The van der Waals surface area contributed by atoms with Crippen molar-refractivity contribution in [1.82, 2.24) is 10.6 Å². The number of carbonyl (C=O) groups excluding carboxylic acids is 2. The number of fused-ring (bicyclic) bond motifs is 1. The first-order chi connectivity index (χ1) is 10.7. The molecule has 1 saturated heterocycles. The van der Waals surface area contributed by atoms with Crippen LogP contribution in [0.1, 0.15) is 10.4 Å². The second-order valence-electron chi connectivity index (χ2n) is 5.16. The number of esters is 1. The van der Waals surface area contributed by atoms with E-state index in [0.717, 1.165) is 11.9 Å². The van der Waals surface area contributed by atoms with Gasteiger partial charge in [-0.1, -0.05) is 30.3 Å². The summed E-state index contributed by atoms with van der Waals surface area (Å²) in [5, 5.41) is 7.73. The highest BCUT2D eigenvalue weighted by atomic mass is 16.5. The van der Waals surface area contributed by atoms with Crippen LogP contribution in [0, 0.1) is 0 Å². The van der Waals surface area contributed by atoms with Crippen LogP contribution in [0.3, 0.4) is 0 Å². The molecule has 114 valence electrons. The van der Waals surface area contributed by atoms with Crippen LogP contribution in [0.2, 0.25) is 0 Å². The van der Waals surface area contributed by atoms with E-state index in [4.69, 9.17) is 10.5 Å². The molecular weight excluding hydrogens is 282 g/mol. The summed E-state index contributed by atoms with van der Waals surface area (Å²) >= 11 is 0. The fraction of sp³-hybridized carbons (Fsp3) is 0.250. The quantitative estimate of drug-likeness (QED) is 0.563. The standard InChI is InChI=1S/C16H17N3O3/c17-15(20)14-11-4-2-1-3-10(11)5-6-13(14)22-16(21)12-9-18-7-8-19-12/h1-6,12,18-19H,7-9H2,(H2,17,20). The van der Waals surface area contributed by atoms with Crippen LogP contribution < -0.4 is 21.1 Å². The Hall–Kier alpha value is -2.44. The van der Waals surface area contributed by atoms with Crippen molar-refractivity contribution in [3.8, 4) is 5.75 Å². The molecule has 1 atom stereocenters. The van der Waals surface area contributed by atoms with E-state index in [1.807, 2.05) is 18.2 Å². The zero-order valence-electron chi connectivity index (χ0n) is 12.0. The van der Waals surface area contributed by atoms with Crippen molar-refractivity contribution in [2.45, 2.75) is 6.04 Å². The molecule has 1 aliphatic rings. The van der Waals surface area contributed by atoms with Gasteiger partial charge in [-0.05, 0) is 16.8 Å². The molecule has 6 nitrogen and oxygen atoms in total. The molecule has 22 heavy (non-hydrogen) atoms. The molecule has 0 bridgehead atoms. The number of rotatable bonds is 3. The number of hydrogen-bond donors (Lipinski definition) is 3. The molecule has 1 fully saturated rings. The van der Waals surface area contributed by atoms with E-state index < -0.39 is 17.9 Å². The lowest BCUT2D eigenvalue weighted by Gasteiger charge is -2.23. The first-order valence-corrected chi connectivity index (χ1v) is 7.14. The fourth-order valence-corrected chi connectivity index (χ4v) is 2.59. The maximum absolute atomic E-state index is 12.2. The average Bonchev–Trinajstić information content (AvgIpc) is 2.55. The maximum atomic E-state index is 12.2. The summed E-state index contributed by atoms with van der Waals surface area (Å²) in [6, 6.07) is 10.3. The Morgan fingerprint density at radius 2 is 1.95 bits per heavy atom. The van der Waals surface area contributed by atoms with E-state index in [-0.39, 0.29) is 11.3 Å². The average molecular weight is 299 g/mol. The van der Waals surface area contributed by atoms with Gasteiger partial charge in [-0.3, -0.25) is 4.79 Å².